The molecular weight excluding hydrogens is 477 g/mol. The van der Waals surface area contributed by atoms with Crippen LogP contribution in [0.5, 0.6) is 5.75 Å². The first kappa shape index (κ1) is 24.5. The molecule has 2 aromatic carbocycles. The van der Waals surface area contributed by atoms with E-state index in [4.69, 9.17) is 4.74 Å². The van der Waals surface area contributed by atoms with Crippen LogP contribution >= 0.6 is 0 Å². The highest BCUT2D eigenvalue weighted by Gasteiger charge is 2.53. The maximum atomic E-state index is 13.7. The molecule has 0 saturated heterocycles. The molecule has 2 N–H and O–H groups in total. The Morgan fingerprint density at radius 1 is 1.11 bits per heavy atom. The highest BCUT2D eigenvalue weighted by molar-refractivity contribution is 6.07. The number of rotatable bonds is 8. The molecule has 0 bridgehead atoms. The third kappa shape index (κ3) is 4.78. The van der Waals surface area contributed by atoms with E-state index < -0.39 is 23.2 Å². The minimum atomic E-state index is -1.15. The number of carbonyl (C=O) groups excluding carboxylic acids is 3. The molecule has 5 rings (SSSR count). The number of methoxy groups -OCH3 is 1. The number of hydrogen-bond acceptors (Lipinski definition) is 5. The normalized spacial score (nSPS) is 18.8. The first-order valence-corrected chi connectivity index (χ1v) is 12.1. The minimum Gasteiger partial charge on any atom is -0.497 e. The van der Waals surface area contributed by atoms with Crippen LogP contribution in [0.4, 0.5) is 4.39 Å². The molecule has 3 aromatic rings. The number of carbonyl (C=O) groups is 3. The van der Waals surface area contributed by atoms with Crippen LogP contribution in [0, 0.1) is 5.82 Å². The van der Waals surface area contributed by atoms with Gasteiger partial charge in [0.05, 0.1) is 20.0 Å². The fourth-order valence-electron chi connectivity index (χ4n) is 4.75. The van der Waals surface area contributed by atoms with E-state index in [0.717, 1.165) is 24.2 Å². The quantitative estimate of drug-likeness (QED) is 0.490. The lowest BCUT2D eigenvalue weighted by Gasteiger charge is -2.44. The number of nitrogens with one attached hydrogen (secondary N) is 2. The molecular formula is C27H28FN5O4. The van der Waals surface area contributed by atoms with E-state index in [1.54, 1.807) is 35.6 Å². The van der Waals surface area contributed by atoms with Crippen molar-refractivity contribution >= 4 is 17.7 Å². The molecule has 2 aliphatic rings. The van der Waals surface area contributed by atoms with E-state index in [9.17, 15) is 18.8 Å². The first-order valence-electron chi connectivity index (χ1n) is 12.1. The topological polar surface area (TPSA) is 106 Å². The summed E-state index contributed by atoms with van der Waals surface area (Å²) in [6, 6.07) is 13.2. The van der Waals surface area contributed by atoms with Crippen molar-refractivity contribution in [2.45, 2.75) is 51.0 Å². The summed E-state index contributed by atoms with van der Waals surface area (Å²) in [5.41, 5.74) is 0.497. The summed E-state index contributed by atoms with van der Waals surface area (Å²) in [6.45, 7) is 2.31. The molecule has 1 saturated carbocycles. The predicted octanol–water partition coefficient (Wildman–Crippen LogP) is 2.65. The third-order valence-corrected chi connectivity index (χ3v) is 6.84. The molecule has 1 unspecified atom stereocenters. The molecule has 37 heavy (non-hydrogen) atoms. The number of hydrogen-bond donors (Lipinski definition) is 2. The van der Waals surface area contributed by atoms with E-state index in [2.05, 4.69) is 15.6 Å². The summed E-state index contributed by atoms with van der Waals surface area (Å²) in [5, 5.41) is 5.67. The number of aromatic nitrogens is 2. The van der Waals surface area contributed by atoms with Gasteiger partial charge in [0.25, 0.3) is 11.8 Å². The van der Waals surface area contributed by atoms with Crippen molar-refractivity contribution < 1.29 is 23.5 Å². The van der Waals surface area contributed by atoms with Gasteiger partial charge in [-0.25, -0.2) is 9.37 Å². The molecule has 10 heteroatoms. The van der Waals surface area contributed by atoms with Crippen molar-refractivity contribution in [3.05, 3.63) is 83.2 Å². The van der Waals surface area contributed by atoms with Gasteiger partial charge in [-0.1, -0.05) is 24.3 Å². The molecule has 1 aromatic heterocycles. The zero-order valence-electron chi connectivity index (χ0n) is 20.7. The van der Waals surface area contributed by atoms with Crippen LogP contribution in [-0.4, -0.2) is 50.9 Å². The molecule has 0 spiro atoms. The monoisotopic (exact) mass is 505 g/mol. The molecule has 2 heterocycles. The summed E-state index contributed by atoms with van der Waals surface area (Å²) in [4.78, 5) is 45.9. The van der Waals surface area contributed by atoms with Gasteiger partial charge in [0.2, 0.25) is 5.91 Å². The average Bonchev–Trinajstić information content (AvgIpc) is 3.63. The lowest BCUT2D eigenvalue weighted by Crippen LogP contribution is -2.64. The van der Waals surface area contributed by atoms with Crippen LogP contribution in [0.25, 0.3) is 0 Å². The molecule has 0 radical (unpaired) electrons. The van der Waals surface area contributed by atoms with Crippen molar-refractivity contribution in [1.29, 1.82) is 0 Å². The molecule has 3 amide bonds. The molecule has 9 nitrogen and oxygen atoms in total. The van der Waals surface area contributed by atoms with E-state index >= 15 is 0 Å². The van der Waals surface area contributed by atoms with Gasteiger partial charge in [0.1, 0.15) is 22.8 Å². The average molecular weight is 506 g/mol. The Balaban J connectivity index is 1.34. The van der Waals surface area contributed by atoms with Gasteiger partial charge in [0.15, 0.2) is 5.69 Å². The maximum absolute atomic E-state index is 13.7. The van der Waals surface area contributed by atoms with Crippen molar-refractivity contribution in [3.8, 4) is 5.75 Å². The molecule has 1 aliphatic heterocycles. The molecule has 192 valence electrons. The number of amides is 3. The number of halogens is 1. The Morgan fingerprint density at radius 2 is 1.84 bits per heavy atom. The van der Waals surface area contributed by atoms with Crippen LogP contribution in [0.1, 0.15) is 51.9 Å². The van der Waals surface area contributed by atoms with Crippen molar-refractivity contribution in [1.82, 2.24) is 25.1 Å². The fourth-order valence-corrected chi connectivity index (χ4v) is 4.75. The summed E-state index contributed by atoms with van der Waals surface area (Å²) in [5.74, 6) is -0.881. The Morgan fingerprint density at radius 3 is 2.51 bits per heavy atom. The zero-order valence-corrected chi connectivity index (χ0v) is 20.7. The predicted molar refractivity (Wildman–Crippen MR) is 132 cm³/mol. The SMILES string of the molecule is COc1ccc(CNC(=O)C2(C)Cn3cnc(C(=O)NCc4cccc(F)c4)c3C(=O)N2C2CC2)cc1. The van der Waals surface area contributed by atoms with Crippen LogP contribution in [-0.2, 0) is 24.4 Å². The largest absolute Gasteiger partial charge is 0.497 e. The second-order valence-electron chi connectivity index (χ2n) is 9.59. The van der Waals surface area contributed by atoms with Crippen molar-refractivity contribution in [3.63, 3.8) is 0 Å². The zero-order chi connectivity index (χ0) is 26.2. The van der Waals surface area contributed by atoms with Gasteiger partial charge in [-0.05, 0) is 55.2 Å². The number of nitrogens with zero attached hydrogens (tertiary/aromatic N) is 3. The minimum absolute atomic E-state index is 0.00672. The molecule has 1 aliphatic carbocycles. The highest BCUT2D eigenvalue weighted by Crippen LogP contribution is 2.38. The second-order valence-corrected chi connectivity index (χ2v) is 9.59. The van der Waals surface area contributed by atoms with Crippen molar-refractivity contribution in [2.24, 2.45) is 0 Å². The molecule has 1 atom stereocenters. The number of ether oxygens (including phenoxy) is 1. The van der Waals surface area contributed by atoms with E-state index in [0.29, 0.717) is 12.1 Å². The van der Waals surface area contributed by atoms with E-state index in [-0.39, 0.29) is 36.4 Å². The standard InChI is InChI=1S/C27H28FN5O4/c1-27(26(36)30-13-17-6-10-21(37-2)11-7-17)15-32-16-31-22(23(32)25(35)33(27)20-8-9-20)24(34)29-14-18-4-3-5-19(28)12-18/h3-7,10-12,16,20H,8-9,13-15H2,1-2H3,(H,29,34)(H,30,36). The highest BCUT2D eigenvalue weighted by atomic mass is 19.1. The molecule has 1 fully saturated rings. The Kier molecular flexibility index (Phi) is 6.41. The number of benzene rings is 2. The summed E-state index contributed by atoms with van der Waals surface area (Å²) >= 11 is 0. The van der Waals surface area contributed by atoms with Crippen LogP contribution in [0.2, 0.25) is 0 Å². The Labute approximate surface area is 213 Å². The lowest BCUT2D eigenvalue weighted by atomic mass is 9.93. The van der Waals surface area contributed by atoms with Crippen molar-refractivity contribution in [2.75, 3.05) is 7.11 Å². The van der Waals surface area contributed by atoms with Gasteiger partial charge in [-0.3, -0.25) is 14.4 Å². The van der Waals surface area contributed by atoms with Crippen LogP contribution < -0.4 is 15.4 Å². The summed E-state index contributed by atoms with van der Waals surface area (Å²) in [7, 11) is 1.59. The van der Waals surface area contributed by atoms with Crippen LogP contribution in [0.15, 0.2) is 54.9 Å². The van der Waals surface area contributed by atoms with Gasteiger partial charge in [-0.15, -0.1) is 0 Å². The Bertz CT molecular complexity index is 1350. The smallest absolute Gasteiger partial charge is 0.274 e. The lowest BCUT2D eigenvalue weighted by molar-refractivity contribution is -0.133. The Hall–Kier alpha value is -4.21. The fraction of sp³-hybridized carbons (Fsp3) is 0.333. The number of imidazole rings is 1. The van der Waals surface area contributed by atoms with Gasteiger partial charge in [-0.2, -0.15) is 0 Å². The van der Waals surface area contributed by atoms with Crippen LogP contribution in [0.3, 0.4) is 0 Å². The summed E-state index contributed by atoms with van der Waals surface area (Å²) < 4.78 is 20.2. The number of fused-ring (bicyclic) bond motifs is 1. The van der Waals surface area contributed by atoms with Gasteiger partial charge >= 0.3 is 0 Å². The maximum Gasteiger partial charge on any atom is 0.274 e. The first-order chi connectivity index (χ1) is 17.8. The van der Waals surface area contributed by atoms with E-state index in [1.165, 1.54) is 18.5 Å². The second kappa shape index (κ2) is 9.68. The van der Waals surface area contributed by atoms with Gasteiger partial charge < -0.3 is 24.8 Å². The van der Waals surface area contributed by atoms with Gasteiger partial charge in [0, 0.05) is 19.1 Å². The third-order valence-electron chi connectivity index (χ3n) is 6.84. The van der Waals surface area contributed by atoms with E-state index in [1.807, 2.05) is 24.3 Å². The summed E-state index contributed by atoms with van der Waals surface area (Å²) in [6.07, 6.45) is 3.01.